The molecule has 2 aromatic carbocycles. The Morgan fingerprint density at radius 2 is 2.00 bits per heavy atom. The van der Waals surface area contributed by atoms with E-state index < -0.39 is 0 Å². The lowest BCUT2D eigenvalue weighted by Crippen LogP contribution is -2.14. The number of benzene rings is 2. The number of aromatic nitrogens is 1. The first kappa shape index (κ1) is 18.7. The number of thiazole rings is 1. The zero-order valence-corrected chi connectivity index (χ0v) is 16.0. The van der Waals surface area contributed by atoms with Crippen molar-refractivity contribution in [2.45, 2.75) is 13.5 Å². The van der Waals surface area contributed by atoms with Gasteiger partial charge >= 0.3 is 0 Å². The smallest absolute Gasteiger partial charge is 0.270 e. The Hall–Kier alpha value is -3.13. The minimum Gasteiger partial charge on any atom is -0.497 e. The molecular weight excluding hydrogens is 366 g/mol. The van der Waals surface area contributed by atoms with Crippen LogP contribution in [0.5, 0.6) is 11.5 Å². The van der Waals surface area contributed by atoms with Crippen LogP contribution in [0.2, 0.25) is 0 Å². The molecule has 3 aromatic rings. The summed E-state index contributed by atoms with van der Waals surface area (Å²) in [4.78, 5) is 16.2. The van der Waals surface area contributed by atoms with E-state index in [1.807, 2.05) is 35.1 Å². The molecule has 0 N–H and O–H groups in total. The SMILES string of the molecule is CCn1c(-c2cccc([N+](=O)[O-])c2)csc1=Nc1ccc(OC)cc1OC. The van der Waals surface area contributed by atoms with Crippen molar-refractivity contribution in [3.05, 3.63) is 62.8 Å². The minimum absolute atomic E-state index is 0.0664. The topological polar surface area (TPSA) is 78.9 Å². The van der Waals surface area contributed by atoms with Crippen LogP contribution in [-0.2, 0) is 6.54 Å². The predicted molar refractivity (Wildman–Crippen MR) is 105 cm³/mol. The van der Waals surface area contributed by atoms with Crippen LogP contribution in [0.25, 0.3) is 11.3 Å². The van der Waals surface area contributed by atoms with E-state index in [1.54, 1.807) is 32.4 Å². The van der Waals surface area contributed by atoms with Gasteiger partial charge in [-0.2, -0.15) is 0 Å². The predicted octanol–water partition coefficient (Wildman–Crippen LogP) is 4.39. The lowest BCUT2D eigenvalue weighted by Gasteiger charge is -2.08. The molecule has 0 aliphatic rings. The van der Waals surface area contributed by atoms with E-state index >= 15 is 0 Å². The summed E-state index contributed by atoms with van der Waals surface area (Å²) < 4.78 is 12.7. The largest absolute Gasteiger partial charge is 0.497 e. The Labute approximate surface area is 160 Å². The number of non-ortho nitro benzene ring substituents is 1. The lowest BCUT2D eigenvalue weighted by atomic mass is 10.1. The van der Waals surface area contributed by atoms with Gasteiger partial charge in [-0.3, -0.25) is 10.1 Å². The Morgan fingerprint density at radius 3 is 2.67 bits per heavy atom. The summed E-state index contributed by atoms with van der Waals surface area (Å²) in [5, 5.41) is 13.0. The Morgan fingerprint density at radius 1 is 1.19 bits per heavy atom. The number of nitro benzene ring substituents is 1. The van der Waals surface area contributed by atoms with E-state index in [0.29, 0.717) is 23.7 Å². The average Bonchev–Trinajstić information content (AvgIpc) is 3.10. The summed E-state index contributed by atoms with van der Waals surface area (Å²) in [6.45, 7) is 2.69. The van der Waals surface area contributed by atoms with Crippen LogP contribution in [-0.4, -0.2) is 23.7 Å². The van der Waals surface area contributed by atoms with Gasteiger partial charge in [0.1, 0.15) is 17.2 Å². The van der Waals surface area contributed by atoms with Crippen molar-refractivity contribution in [2.75, 3.05) is 14.2 Å². The van der Waals surface area contributed by atoms with Crippen molar-refractivity contribution in [3.63, 3.8) is 0 Å². The van der Waals surface area contributed by atoms with Crippen LogP contribution >= 0.6 is 11.3 Å². The lowest BCUT2D eigenvalue weighted by molar-refractivity contribution is -0.384. The molecule has 1 heterocycles. The van der Waals surface area contributed by atoms with Crippen LogP contribution in [0.15, 0.2) is 52.8 Å². The molecule has 0 unspecified atom stereocenters. The molecule has 27 heavy (non-hydrogen) atoms. The van der Waals surface area contributed by atoms with Gasteiger partial charge in [-0.05, 0) is 19.1 Å². The van der Waals surface area contributed by atoms with Gasteiger partial charge in [0.2, 0.25) is 0 Å². The fraction of sp³-hybridized carbons (Fsp3) is 0.211. The molecule has 3 rings (SSSR count). The molecule has 0 aliphatic carbocycles. The van der Waals surface area contributed by atoms with Crippen molar-refractivity contribution >= 4 is 22.7 Å². The van der Waals surface area contributed by atoms with Crippen molar-refractivity contribution in [1.29, 1.82) is 0 Å². The summed E-state index contributed by atoms with van der Waals surface area (Å²) in [6.07, 6.45) is 0. The second-order valence-electron chi connectivity index (χ2n) is 5.60. The van der Waals surface area contributed by atoms with Gasteiger partial charge in [-0.1, -0.05) is 12.1 Å². The molecule has 0 saturated carbocycles. The first-order chi connectivity index (χ1) is 13.1. The van der Waals surface area contributed by atoms with Crippen LogP contribution in [0.3, 0.4) is 0 Å². The number of hydrogen-bond acceptors (Lipinski definition) is 6. The van der Waals surface area contributed by atoms with Crippen LogP contribution < -0.4 is 14.3 Å². The van der Waals surface area contributed by atoms with Gasteiger partial charge in [0.05, 0.1) is 24.8 Å². The molecule has 8 heteroatoms. The number of methoxy groups -OCH3 is 2. The summed E-state index contributed by atoms with van der Waals surface area (Å²) in [7, 11) is 3.19. The van der Waals surface area contributed by atoms with Crippen LogP contribution in [0.1, 0.15) is 6.92 Å². The van der Waals surface area contributed by atoms with E-state index in [-0.39, 0.29) is 10.6 Å². The fourth-order valence-electron chi connectivity index (χ4n) is 2.71. The highest BCUT2D eigenvalue weighted by Gasteiger charge is 2.12. The van der Waals surface area contributed by atoms with E-state index in [9.17, 15) is 10.1 Å². The molecule has 0 saturated heterocycles. The number of hydrogen-bond donors (Lipinski definition) is 0. The highest BCUT2D eigenvalue weighted by molar-refractivity contribution is 7.07. The first-order valence-corrected chi connectivity index (χ1v) is 9.15. The molecule has 0 amide bonds. The monoisotopic (exact) mass is 385 g/mol. The van der Waals surface area contributed by atoms with Gasteiger partial charge in [0.15, 0.2) is 4.80 Å². The molecule has 0 atom stereocenters. The molecule has 7 nitrogen and oxygen atoms in total. The number of nitrogens with zero attached hydrogens (tertiary/aromatic N) is 3. The Bertz CT molecular complexity index is 1040. The fourth-order valence-corrected chi connectivity index (χ4v) is 3.70. The van der Waals surface area contributed by atoms with Crippen molar-refractivity contribution < 1.29 is 14.4 Å². The quantitative estimate of drug-likeness (QED) is 0.465. The normalized spacial score (nSPS) is 11.4. The third-order valence-electron chi connectivity index (χ3n) is 4.07. The summed E-state index contributed by atoms with van der Waals surface area (Å²) in [6, 6.07) is 12.1. The van der Waals surface area contributed by atoms with Crippen molar-refractivity contribution in [3.8, 4) is 22.8 Å². The molecule has 0 fully saturated rings. The van der Waals surface area contributed by atoms with Gasteiger partial charge in [-0.25, -0.2) is 4.99 Å². The third-order valence-corrected chi connectivity index (χ3v) is 4.93. The average molecular weight is 385 g/mol. The molecule has 140 valence electrons. The van der Waals surface area contributed by atoms with Gasteiger partial charge in [-0.15, -0.1) is 11.3 Å². The third kappa shape index (κ3) is 3.85. The highest BCUT2D eigenvalue weighted by atomic mass is 32.1. The molecule has 0 bridgehead atoms. The van der Waals surface area contributed by atoms with E-state index in [1.165, 1.54) is 17.4 Å². The van der Waals surface area contributed by atoms with Gasteiger partial charge in [0.25, 0.3) is 5.69 Å². The summed E-state index contributed by atoms with van der Waals surface area (Å²) in [5.74, 6) is 1.31. The second kappa shape index (κ2) is 8.05. The standard InChI is InChI=1S/C19H19N3O4S/c1-4-21-17(13-6-5-7-14(10-13)22(23)24)12-27-19(21)20-16-9-8-15(25-2)11-18(16)26-3/h5-12H,4H2,1-3H3. The maximum Gasteiger partial charge on any atom is 0.270 e. The van der Waals surface area contributed by atoms with E-state index in [4.69, 9.17) is 14.5 Å². The second-order valence-corrected chi connectivity index (χ2v) is 6.44. The first-order valence-electron chi connectivity index (χ1n) is 8.27. The van der Waals surface area contributed by atoms with Crippen molar-refractivity contribution in [1.82, 2.24) is 4.57 Å². The van der Waals surface area contributed by atoms with Gasteiger partial charge < -0.3 is 14.0 Å². The number of rotatable bonds is 6. The maximum atomic E-state index is 11.1. The summed E-state index contributed by atoms with van der Waals surface area (Å²) in [5.41, 5.74) is 2.42. The number of nitro groups is 1. The van der Waals surface area contributed by atoms with Crippen LogP contribution in [0.4, 0.5) is 11.4 Å². The minimum atomic E-state index is -0.389. The summed E-state index contributed by atoms with van der Waals surface area (Å²) >= 11 is 1.47. The molecule has 0 aliphatic heterocycles. The molecule has 0 spiro atoms. The Kier molecular flexibility index (Phi) is 5.56. The van der Waals surface area contributed by atoms with Gasteiger partial charge in [0, 0.05) is 35.7 Å². The van der Waals surface area contributed by atoms with Crippen molar-refractivity contribution in [2.24, 2.45) is 4.99 Å². The molecule has 0 radical (unpaired) electrons. The van der Waals surface area contributed by atoms with Crippen LogP contribution in [0, 0.1) is 10.1 Å². The Balaban J connectivity index is 2.11. The zero-order chi connectivity index (χ0) is 19.4. The molecule has 1 aromatic heterocycles. The molecular formula is C19H19N3O4S. The number of ether oxygens (including phenoxy) is 2. The zero-order valence-electron chi connectivity index (χ0n) is 15.2. The maximum absolute atomic E-state index is 11.1. The highest BCUT2D eigenvalue weighted by Crippen LogP contribution is 2.31. The van der Waals surface area contributed by atoms with E-state index in [2.05, 4.69) is 0 Å². The van der Waals surface area contributed by atoms with E-state index in [0.717, 1.165) is 16.1 Å².